The lowest BCUT2D eigenvalue weighted by Gasteiger charge is -2.26. The summed E-state index contributed by atoms with van der Waals surface area (Å²) in [7, 11) is 0. The van der Waals surface area contributed by atoms with Crippen LogP contribution in [0.25, 0.3) is 22.2 Å². The highest BCUT2D eigenvalue weighted by Gasteiger charge is 2.15. The highest BCUT2D eigenvalue weighted by atomic mass is 16.5. The standard InChI is InChI=1S/C24H27N3O2/c1-18-8-9-22-20(16-18)21(17-23(26-22)19-6-3-2-4-7-19)24(28)25-10-5-11-27-12-14-29-15-13-27/h2-4,6-9,16-17H,5,10-15H2,1H3,(H,25,28). The number of benzene rings is 2. The molecule has 2 aromatic carbocycles. The summed E-state index contributed by atoms with van der Waals surface area (Å²) in [5, 5.41) is 4.00. The van der Waals surface area contributed by atoms with Gasteiger partial charge in [-0.05, 0) is 38.1 Å². The number of carbonyl (C=O) groups excluding carboxylic acids is 1. The first kappa shape index (κ1) is 19.6. The minimum atomic E-state index is -0.0397. The van der Waals surface area contributed by atoms with Gasteiger partial charge in [0.15, 0.2) is 0 Å². The summed E-state index contributed by atoms with van der Waals surface area (Å²) in [5.41, 5.74) is 4.48. The highest BCUT2D eigenvalue weighted by Crippen LogP contribution is 2.25. The number of nitrogens with one attached hydrogen (secondary N) is 1. The van der Waals surface area contributed by atoms with Crippen molar-refractivity contribution in [1.82, 2.24) is 15.2 Å². The van der Waals surface area contributed by atoms with Crippen molar-refractivity contribution >= 4 is 16.8 Å². The molecule has 4 rings (SSSR count). The fraction of sp³-hybridized carbons (Fsp3) is 0.333. The van der Waals surface area contributed by atoms with Crippen LogP contribution >= 0.6 is 0 Å². The van der Waals surface area contributed by atoms with Crippen molar-refractivity contribution in [2.75, 3.05) is 39.4 Å². The van der Waals surface area contributed by atoms with Crippen LogP contribution in [0.5, 0.6) is 0 Å². The van der Waals surface area contributed by atoms with Gasteiger partial charge in [0, 0.05) is 30.6 Å². The lowest BCUT2D eigenvalue weighted by Crippen LogP contribution is -2.38. The first-order valence-corrected chi connectivity index (χ1v) is 10.3. The molecule has 1 fully saturated rings. The van der Waals surface area contributed by atoms with Crippen molar-refractivity contribution < 1.29 is 9.53 Å². The number of ether oxygens (including phenoxy) is 1. The van der Waals surface area contributed by atoms with Crippen LogP contribution in [0.2, 0.25) is 0 Å². The van der Waals surface area contributed by atoms with E-state index in [1.54, 1.807) is 0 Å². The van der Waals surface area contributed by atoms with E-state index in [0.29, 0.717) is 12.1 Å². The van der Waals surface area contributed by atoms with E-state index in [1.165, 1.54) is 0 Å². The normalized spacial score (nSPS) is 14.8. The van der Waals surface area contributed by atoms with Gasteiger partial charge in [-0.1, -0.05) is 42.0 Å². The molecule has 2 heterocycles. The zero-order chi connectivity index (χ0) is 20.1. The van der Waals surface area contributed by atoms with Crippen molar-refractivity contribution in [1.29, 1.82) is 0 Å². The largest absolute Gasteiger partial charge is 0.379 e. The first-order chi connectivity index (χ1) is 14.2. The third-order valence-corrected chi connectivity index (χ3v) is 5.32. The summed E-state index contributed by atoms with van der Waals surface area (Å²) in [5.74, 6) is -0.0397. The maximum absolute atomic E-state index is 13.0. The van der Waals surface area contributed by atoms with Crippen molar-refractivity contribution in [3.63, 3.8) is 0 Å². The molecule has 1 aliphatic rings. The van der Waals surface area contributed by atoms with Gasteiger partial charge in [-0.3, -0.25) is 9.69 Å². The Labute approximate surface area is 171 Å². The van der Waals surface area contributed by atoms with Gasteiger partial charge in [0.25, 0.3) is 5.91 Å². The number of amides is 1. The van der Waals surface area contributed by atoms with Gasteiger partial charge < -0.3 is 10.1 Å². The van der Waals surface area contributed by atoms with Crippen LogP contribution in [0.15, 0.2) is 54.6 Å². The lowest BCUT2D eigenvalue weighted by molar-refractivity contribution is 0.0374. The number of aromatic nitrogens is 1. The van der Waals surface area contributed by atoms with Gasteiger partial charge in [-0.25, -0.2) is 4.98 Å². The van der Waals surface area contributed by atoms with Crippen molar-refractivity contribution in [2.24, 2.45) is 0 Å². The number of hydrogen-bond donors (Lipinski definition) is 1. The van der Waals surface area contributed by atoms with Crippen molar-refractivity contribution in [2.45, 2.75) is 13.3 Å². The summed E-state index contributed by atoms with van der Waals surface area (Å²) in [6, 6.07) is 18.0. The molecule has 0 radical (unpaired) electrons. The number of morpholine rings is 1. The van der Waals surface area contributed by atoms with Crippen LogP contribution in [-0.4, -0.2) is 55.2 Å². The van der Waals surface area contributed by atoms with Crippen LogP contribution in [0, 0.1) is 6.92 Å². The Kier molecular flexibility index (Phi) is 6.17. The summed E-state index contributed by atoms with van der Waals surface area (Å²) < 4.78 is 5.38. The predicted molar refractivity (Wildman–Crippen MR) is 116 cm³/mol. The zero-order valence-corrected chi connectivity index (χ0v) is 16.9. The molecule has 3 aromatic rings. The van der Waals surface area contributed by atoms with E-state index in [1.807, 2.05) is 61.5 Å². The van der Waals surface area contributed by atoms with E-state index in [-0.39, 0.29) is 5.91 Å². The first-order valence-electron chi connectivity index (χ1n) is 10.3. The lowest BCUT2D eigenvalue weighted by atomic mass is 10.0. The SMILES string of the molecule is Cc1ccc2nc(-c3ccccc3)cc(C(=O)NCCCN3CCOCC3)c2c1. The molecular formula is C24H27N3O2. The maximum Gasteiger partial charge on any atom is 0.252 e. The molecule has 5 heteroatoms. The van der Waals surface area contributed by atoms with E-state index in [0.717, 1.165) is 67.0 Å². The minimum absolute atomic E-state index is 0.0397. The van der Waals surface area contributed by atoms with Gasteiger partial charge in [0.05, 0.1) is 30.0 Å². The quantitative estimate of drug-likeness (QED) is 0.654. The van der Waals surface area contributed by atoms with E-state index in [9.17, 15) is 4.79 Å². The zero-order valence-electron chi connectivity index (χ0n) is 16.9. The topological polar surface area (TPSA) is 54.5 Å². The average molecular weight is 389 g/mol. The summed E-state index contributed by atoms with van der Waals surface area (Å²) in [4.78, 5) is 20.2. The Morgan fingerprint density at radius 2 is 1.90 bits per heavy atom. The molecule has 1 amide bonds. The Morgan fingerprint density at radius 3 is 2.69 bits per heavy atom. The van der Waals surface area contributed by atoms with Crippen molar-refractivity contribution in [3.05, 3.63) is 65.7 Å². The van der Waals surface area contributed by atoms with Gasteiger partial charge >= 0.3 is 0 Å². The van der Waals surface area contributed by atoms with Crippen molar-refractivity contribution in [3.8, 4) is 11.3 Å². The van der Waals surface area contributed by atoms with Gasteiger partial charge in [0.1, 0.15) is 0 Å². The van der Waals surface area contributed by atoms with Gasteiger partial charge in [-0.2, -0.15) is 0 Å². The molecule has 1 aromatic heterocycles. The molecule has 1 saturated heterocycles. The van der Waals surface area contributed by atoms with Crippen LogP contribution in [0.3, 0.4) is 0 Å². The van der Waals surface area contributed by atoms with E-state index < -0.39 is 0 Å². The molecule has 150 valence electrons. The molecule has 1 aliphatic heterocycles. The maximum atomic E-state index is 13.0. The van der Waals surface area contributed by atoms with Crippen LogP contribution in [0.4, 0.5) is 0 Å². The van der Waals surface area contributed by atoms with E-state index >= 15 is 0 Å². The van der Waals surface area contributed by atoms with Crippen LogP contribution < -0.4 is 5.32 Å². The molecule has 1 N–H and O–H groups in total. The number of nitrogens with zero attached hydrogens (tertiary/aromatic N) is 2. The smallest absolute Gasteiger partial charge is 0.252 e. The molecule has 29 heavy (non-hydrogen) atoms. The second-order valence-electron chi connectivity index (χ2n) is 7.51. The number of aryl methyl sites for hydroxylation is 1. The summed E-state index contributed by atoms with van der Waals surface area (Å²) >= 11 is 0. The Balaban J connectivity index is 1.52. The molecule has 0 unspecified atom stereocenters. The monoisotopic (exact) mass is 389 g/mol. The average Bonchev–Trinajstić information content (AvgIpc) is 2.77. The van der Waals surface area contributed by atoms with Gasteiger partial charge in [0.2, 0.25) is 0 Å². The molecule has 5 nitrogen and oxygen atoms in total. The van der Waals surface area contributed by atoms with Crippen LogP contribution in [0.1, 0.15) is 22.3 Å². The summed E-state index contributed by atoms with van der Waals surface area (Å²) in [6.07, 6.45) is 0.930. The number of fused-ring (bicyclic) bond motifs is 1. The minimum Gasteiger partial charge on any atom is -0.379 e. The Hall–Kier alpha value is -2.76. The summed E-state index contributed by atoms with van der Waals surface area (Å²) in [6.45, 7) is 7.23. The van der Waals surface area contributed by atoms with Gasteiger partial charge in [-0.15, -0.1) is 0 Å². The highest BCUT2D eigenvalue weighted by molar-refractivity contribution is 6.07. The molecular weight excluding hydrogens is 362 g/mol. The second kappa shape index (κ2) is 9.16. The number of carbonyl (C=O) groups is 1. The van der Waals surface area contributed by atoms with Crippen LogP contribution in [-0.2, 0) is 4.74 Å². The molecule has 0 aliphatic carbocycles. The fourth-order valence-electron chi connectivity index (χ4n) is 3.71. The molecule has 0 bridgehead atoms. The third kappa shape index (κ3) is 4.81. The third-order valence-electron chi connectivity index (χ3n) is 5.32. The number of hydrogen-bond acceptors (Lipinski definition) is 4. The molecule has 0 spiro atoms. The molecule has 0 atom stereocenters. The Bertz CT molecular complexity index is 982. The number of rotatable bonds is 6. The van der Waals surface area contributed by atoms with E-state index in [2.05, 4.69) is 10.2 Å². The number of pyridine rings is 1. The Morgan fingerprint density at radius 1 is 1.10 bits per heavy atom. The van der Waals surface area contributed by atoms with E-state index in [4.69, 9.17) is 9.72 Å². The second-order valence-corrected chi connectivity index (χ2v) is 7.51. The fourth-order valence-corrected chi connectivity index (χ4v) is 3.71. The molecule has 0 saturated carbocycles. The predicted octanol–water partition coefficient (Wildman–Crippen LogP) is 3.66.